The van der Waals surface area contributed by atoms with E-state index in [0.29, 0.717) is 16.9 Å². The summed E-state index contributed by atoms with van der Waals surface area (Å²) in [4.78, 5) is 52.1. The minimum atomic E-state index is -1.18. The lowest BCUT2D eigenvalue weighted by Crippen LogP contribution is -2.58. The highest BCUT2D eigenvalue weighted by Crippen LogP contribution is 2.14. The van der Waals surface area contributed by atoms with Gasteiger partial charge in [-0.1, -0.05) is 54.6 Å². The number of rotatable bonds is 16. The number of hydrogen-bond acceptors (Lipinski definition) is 8. The molecule has 0 heterocycles. The zero-order valence-corrected chi connectivity index (χ0v) is 25.1. The molecule has 44 heavy (non-hydrogen) atoms. The fraction of sp³-hybridized carbons (Fsp3) is 0.312. The summed E-state index contributed by atoms with van der Waals surface area (Å²) in [5.74, 6) is -2.52. The Bertz CT molecular complexity index is 1390. The van der Waals surface area contributed by atoms with Crippen molar-refractivity contribution in [1.29, 1.82) is 0 Å². The van der Waals surface area contributed by atoms with E-state index in [1.807, 2.05) is 12.3 Å². The number of carboxylic acids is 1. The van der Waals surface area contributed by atoms with Crippen molar-refractivity contribution in [2.45, 2.75) is 49.9 Å². The van der Waals surface area contributed by atoms with Crippen LogP contribution in [0.15, 0.2) is 78.9 Å². The molecule has 0 spiro atoms. The van der Waals surface area contributed by atoms with Gasteiger partial charge in [0.15, 0.2) is 0 Å². The van der Waals surface area contributed by atoms with E-state index >= 15 is 0 Å². The maximum Gasteiger partial charge on any atom is 0.326 e. The zero-order valence-electron chi connectivity index (χ0n) is 24.3. The lowest BCUT2D eigenvalue weighted by atomic mass is 10.0. The van der Waals surface area contributed by atoms with E-state index in [2.05, 4.69) is 16.0 Å². The normalized spacial score (nSPS) is 13.6. The topological polar surface area (TPSA) is 191 Å². The fourth-order valence-electron chi connectivity index (χ4n) is 4.43. The molecule has 0 fully saturated rings. The van der Waals surface area contributed by atoms with Crippen LogP contribution >= 0.6 is 11.8 Å². The molecule has 11 nitrogen and oxygen atoms in total. The maximum atomic E-state index is 13.7. The van der Waals surface area contributed by atoms with Crippen molar-refractivity contribution in [3.05, 3.63) is 95.6 Å². The van der Waals surface area contributed by atoms with Crippen LogP contribution in [0.3, 0.4) is 0 Å². The Morgan fingerprint density at radius 2 is 1.09 bits per heavy atom. The number of amides is 3. The number of nitrogens with two attached hydrogens (primary N) is 1. The molecule has 0 radical (unpaired) electrons. The van der Waals surface area contributed by atoms with Gasteiger partial charge in [-0.25, -0.2) is 4.79 Å². The second-order valence-electron chi connectivity index (χ2n) is 10.3. The number of aromatic hydroxyl groups is 2. The average Bonchev–Trinajstić information content (AvgIpc) is 3.00. The number of hydrogen-bond donors (Lipinski definition) is 7. The Morgan fingerprint density at radius 1 is 0.659 bits per heavy atom. The van der Waals surface area contributed by atoms with Crippen LogP contribution < -0.4 is 21.7 Å². The average molecular weight is 623 g/mol. The quantitative estimate of drug-likeness (QED) is 0.125. The van der Waals surface area contributed by atoms with Crippen LogP contribution in [0.4, 0.5) is 0 Å². The van der Waals surface area contributed by atoms with E-state index in [-0.39, 0.29) is 37.2 Å². The fourth-order valence-corrected chi connectivity index (χ4v) is 4.90. The minimum Gasteiger partial charge on any atom is -0.508 e. The van der Waals surface area contributed by atoms with Crippen LogP contribution in [0.25, 0.3) is 0 Å². The van der Waals surface area contributed by atoms with Gasteiger partial charge in [-0.05, 0) is 65.8 Å². The number of thioether (sulfide) groups is 1. The first-order valence-corrected chi connectivity index (χ1v) is 15.4. The minimum absolute atomic E-state index is 0.0228. The number of carboxylic acid groups (broad SMARTS) is 1. The SMILES string of the molecule is CSCCC(NC(=O)C(Cc1ccccc1)NC(=O)C(Cc1ccc(O)cc1)NC(=O)C(N)Cc1ccc(O)cc1)C(=O)O. The summed E-state index contributed by atoms with van der Waals surface area (Å²) in [5.41, 5.74) is 8.23. The molecule has 0 saturated carbocycles. The highest BCUT2D eigenvalue weighted by Gasteiger charge is 2.30. The highest BCUT2D eigenvalue weighted by molar-refractivity contribution is 7.98. The van der Waals surface area contributed by atoms with E-state index in [1.165, 1.54) is 36.0 Å². The van der Waals surface area contributed by atoms with Crippen molar-refractivity contribution in [2.24, 2.45) is 5.73 Å². The molecule has 3 aromatic rings. The summed E-state index contributed by atoms with van der Waals surface area (Å²) in [7, 11) is 0. The van der Waals surface area contributed by atoms with E-state index in [0.717, 1.165) is 5.56 Å². The van der Waals surface area contributed by atoms with Gasteiger partial charge in [-0.2, -0.15) is 11.8 Å². The number of benzene rings is 3. The van der Waals surface area contributed by atoms with Crippen molar-refractivity contribution in [3.8, 4) is 11.5 Å². The predicted molar refractivity (Wildman–Crippen MR) is 168 cm³/mol. The Kier molecular flexibility index (Phi) is 13.1. The summed E-state index contributed by atoms with van der Waals surface area (Å²) in [6.45, 7) is 0. The third-order valence-corrected chi connectivity index (χ3v) is 7.52. The van der Waals surface area contributed by atoms with Gasteiger partial charge >= 0.3 is 5.97 Å². The molecule has 8 N–H and O–H groups in total. The molecule has 0 aliphatic carbocycles. The van der Waals surface area contributed by atoms with Gasteiger partial charge in [0.25, 0.3) is 0 Å². The Morgan fingerprint density at radius 3 is 1.57 bits per heavy atom. The molecule has 0 aliphatic heterocycles. The van der Waals surface area contributed by atoms with E-state index in [1.54, 1.807) is 48.5 Å². The van der Waals surface area contributed by atoms with Crippen LogP contribution in [0.2, 0.25) is 0 Å². The Balaban J connectivity index is 1.83. The lowest BCUT2D eigenvalue weighted by Gasteiger charge is -2.25. The molecule has 4 atom stereocenters. The predicted octanol–water partition coefficient (Wildman–Crippen LogP) is 1.75. The standard InChI is InChI=1S/C32H38N4O7S/c1-44-16-15-26(32(42)43)34-30(40)28(18-20-5-3-2-4-6-20)36-31(41)27(19-22-9-13-24(38)14-10-22)35-29(39)25(33)17-21-7-11-23(37)12-8-21/h2-14,25-28,37-38H,15-19,33H2,1H3,(H,34,40)(H,35,39)(H,36,41)(H,42,43). The summed E-state index contributed by atoms with van der Waals surface area (Å²) >= 11 is 1.45. The van der Waals surface area contributed by atoms with Gasteiger partial charge in [-0.15, -0.1) is 0 Å². The number of aliphatic carboxylic acids is 1. The van der Waals surface area contributed by atoms with E-state index < -0.39 is 47.9 Å². The number of nitrogens with one attached hydrogen (secondary N) is 3. The molecule has 0 bridgehead atoms. The largest absolute Gasteiger partial charge is 0.508 e. The van der Waals surface area contributed by atoms with Gasteiger partial charge < -0.3 is 37.0 Å². The first kappa shape index (κ1) is 33.9. The smallest absolute Gasteiger partial charge is 0.326 e. The molecular formula is C32H38N4O7S. The van der Waals surface area contributed by atoms with Crippen LogP contribution in [0, 0.1) is 0 Å². The molecular weight excluding hydrogens is 584 g/mol. The van der Waals surface area contributed by atoms with Crippen LogP contribution in [-0.2, 0) is 38.4 Å². The summed E-state index contributed by atoms with van der Waals surface area (Å²) < 4.78 is 0. The molecule has 3 aromatic carbocycles. The summed E-state index contributed by atoms with van der Waals surface area (Å²) in [5, 5.41) is 36.8. The highest BCUT2D eigenvalue weighted by atomic mass is 32.2. The third-order valence-electron chi connectivity index (χ3n) is 6.88. The van der Waals surface area contributed by atoms with Crippen molar-refractivity contribution in [2.75, 3.05) is 12.0 Å². The first-order valence-electron chi connectivity index (χ1n) is 14.0. The zero-order chi connectivity index (χ0) is 32.1. The van der Waals surface area contributed by atoms with Crippen LogP contribution in [0.1, 0.15) is 23.1 Å². The number of phenolic OH excluding ortho intramolecular Hbond substituents is 2. The summed E-state index contributed by atoms with van der Waals surface area (Å²) in [6.07, 6.45) is 2.28. The second kappa shape index (κ2) is 16.9. The molecule has 3 rings (SSSR count). The lowest BCUT2D eigenvalue weighted by molar-refractivity contribution is -0.142. The van der Waals surface area contributed by atoms with Gasteiger partial charge in [0.05, 0.1) is 6.04 Å². The van der Waals surface area contributed by atoms with Crippen molar-refractivity contribution in [3.63, 3.8) is 0 Å². The van der Waals surface area contributed by atoms with Gasteiger partial charge in [0.2, 0.25) is 17.7 Å². The molecule has 234 valence electrons. The van der Waals surface area contributed by atoms with Crippen LogP contribution in [0.5, 0.6) is 11.5 Å². The van der Waals surface area contributed by atoms with Crippen molar-refractivity contribution >= 4 is 35.5 Å². The maximum absolute atomic E-state index is 13.7. The van der Waals surface area contributed by atoms with E-state index in [9.17, 15) is 34.5 Å². The monoisotopic (exact) mass is 622 g/mol. The third kappa shape index (κ3) is 10.9. The van der Waals surface area contributed by atoms with Crippen molar-refractivity contribution < 1.29 is 34.5 Å². The number of carbonyl (C=O) groups is 4. The Labute approximate surface area is 260 Å². The molecule has 12 heteroatoms. The second-order valence-corrected chi connectivity index (χ2v) is 11.3. The molecule has 0 aliphatic rings. The Hall–Kier alpha value is -4.55. The first-order chi connectivity index (χ1) is 21.0. The van der Waals surface area contributed by atoms with Gasteiger partial charge in [0, 0.05) is 12.8 Å². The number of carbonyl (C=O) groups excluding carboxylic acids is 3. The van der Waals surface area contributed by atoms with Crippen LogP contribution in [-0.4, -0.2) is 75.2 Å². The molecule has 0 aromatic heterocycles. The molecule has 4 unspecified atom stereocenters. The van der Waals surface area contributed by atoms with Crippen molar-refractivity contribution in [1.82, 2.24) is 16.0 Å². The molecule has 0 saturated heterocycles. The van der Waals surface area contributed by atoms with Gasteiger partial charge in [0.1, 0.15) is 29.6 Å². The molecule has 3 amide bonds. The van der Waals surface area contributed by atoms with Gasteiger partial charge in [-0.3, -0.25) is 14.4 Å². The summed E-state index contributed by atoms with van der Waals surface area (Å²) in [6, 6.07) is 16.8. The van der Waals surface area contributed by atoms with E-state index in [4.69, 9.17) is 5.73 Å². The number of phenols is 2.